The third-order valence-electron chi connectivity index (χ3n) is 3.27. The molecule has 0 bridgehead atoms. The maximum absolute atomic E-state index is 11.7. The van der Waals surface area contributed by atoms with Crippen LogP contribution < -0.4 is 0 Å². The van der Waals surface area contributed by atoms with Gasteiger partial charge in [-0.05, 0) is 25.7 Å². The number of unbranched alkanes of at least 4 members (excludes halogenated alkanes) is 1. The van der Waals surface area contributed by atoms with Gasteiger partial charge in [0.2, 0.25) is 0 Å². The Morgan fingerprint density at radius 3 is 2.93 bits per heavy atom. The Labute approximate surface area is 84.5 Å². The molecule has 1 fully saturated rings. The minimum absolute atomic E-state index is 0.155. The van der Waals surface area contributed by atoms with E-state index in [4.69, 9.17) is 0 Å². The first-order chi connectivity index (χ1) is 6.61. The highest BCUT2D eigenvalue weighted by Crippen LogP contribution is 2.37. The van der Waals surface area contributed by atoms with Crippen molar-refractivity contribution in [2.75, 3.05) is 0 Å². The third-order valence-corrected chi connectivity index (χ3v) is 3.27. The van der Waals surface area contributed by atoms with E-state index in [0.717, 1.165) is 12.7 Å². The smallest absolute Gasteiger partial charge is 0.141 e. The van der Waals surface area contributed by atoms with E-state index in [1.807, 2.05) is 6.92 Å². The van der Waals surface area contributed by atoms with Crippen LogP contribution in [-0.2, 0) is 9.59 Å². The van der Waals surface area contributed by atoms with Crippen LogP contribution in [-0.4, -0.2) is 23.3 Å². The van der Waals surface area contributed by atoms with Crippen LogP contribution in [0.3, 0.4) is 0 Å². The Kier molecular flexibility index (Phi) is 3.81. The lowest BCUT2D eigenvalue weighted by Gasteiger charge is -2.36. The number of rotatable bonds is 4. The molecule has 0 aromatic heterocycles. The first-order valence-corrected chi connectivity index (χ1v) is 5.26. The second-order valence-corrected chi connectivity index (χ2v) is 4.31. The zero-order chi connectivity index (χ0) is 10.6. The summed E-state index contributed by atoms with van der Waals surface area (Å²) < 4.78 is 0. The van der Waals surface area contributed by atoms with Gasteiger partial charge in [-0.3, -0.25) is 4.79 Å². The van der Waals surface area contributed by atoms with Crippen molar-refractivity contribution in [1.82, 2.24) is 0 Å². The van der Waals surface area contributed by atoms with Gasteiger partial charge < -0.3 is 9.90 Å². The van der Waals surface area contributed by atoms with Gasteiger partial charge in [0, 0.05) is 12.8 Å². The molecule has 1 saturated carbocycles. The van der Waals surface area contributed by atoms with E-state index in [1.54, 1.807) is 0 Å². The van der Waals surface area contributed by atoms with Crippen molar-refractivity contribution in [3.63, 3.8) is 0 Å². The molecule has 0 saturated heterocycles. The summed E-state index contributed by atoms with van der Waals surface area (Å²) in [5.41, 5.74) is -0.596. The summed E-state index contributed by atoms with van der Waals surface area (Å²) in [4.78, 5) is 21.8. The monoisotopic (exact) mass is 198 g/mol. The molecule has 1 rings (SSSR count). The molecular formula is C11H18O3. The maximum Gasteiger partial charge on any atom is 0.141 e. The van der Waals surface area contributed by atoms with Crippen molar-refractivity contribution in [2.24, 2.45) is 5.41 Å². The Hall–Kier alpha value is -0.700. The molecule has 14 heavy (non-hydrogen) atoms. The number of carbonyl (C=O) groups excluding carboxylic acids is 2. The van der Waals surface area contributed by atoms with Crippen molar-refractivity contribution >= 4 is 12.1 Å². The highest BCUT2D eigenvalue weighted by Gasteiger charge is 2.41. The fraction of sp³-hybridized carbons (Fsp3) is 0.818. The van der Waals surface area contributed by atoms with Crippen molar-refractivity contribution in [3.8, 4) is 0 Å². The van der Waals surface area contributed by atoms with Crippen LogP contribution in [0.4, 0.5) is 0 Å². The van der Waals surface area contributed by atoms with E-state index in [-0.39, 0.29) is 5.78 Å². The number of aldehydes is 1. The van der Waals surface area contributed by atoms with Crippen LogP contribution >= 0.6 is 0 Å². The summed E-state index contributed by atoms with van der Waals surface area (Å²) >= 11 is 0. The number of carbonyl (C=O) groups is 2. The van der Waals surface area contributed by atoms with Gasteiger partial charge in [-0.15, -0.1) is 0 Å². The van der Waals surface area contributed by atoms with Crippen LogP contribution in [0.1, 0.15) is 45.4 Å². The normalized spacial score (nSPS) is 33.0. The van der Waals surface area contributed by atoms with Crippen LogP contribution in [0.2, 0.25) is 0 Å². The number of Topliss-reactive ketones (excluding diaryl/α,β-unsaturated/α-hetero) is 1. The summed E-state index contributed by atoms with van der Waals surface area (Å²) in [6.45, 7) is 1.82. The van der Waals surface area contributed by atoms with E-state index in [0.29, 0.717) is 32.1 Å². The van der Waals surface area contributed by atoms with Gasteiger partial charge >= 0.3 is 0 Å². The largest absolute Gasteiger partial charge is 0.392 e. The lowest BCUT2D eigenvalue weighted by Crippen LogP contribution is -2.43. The zero-order valence-electron chi connectivity index (χ0n) is 8.66. The van der Waals surface area contributed by atoms with Gasteiger partial charge in [-0.2, -0.15) is 0 Å². The highest BCUT2D eigenvalue weighted by atomic mass is 16.3. The summed E-state index contributed by atoms with van der Waals surface area (Å²) in [5.74, 6) is 0.155. The van der Waals surface area contributed by atoms with Gasteiger partial charge in [-0.1, -0.05) is 6.92 Å². The lowest BCUT2D eigenvalue weighted by atomic mass is 9.69. The second kappa shape index (κ2) is 4.69. The molecule has 3 nitrogen and oxygen atoms in total. The van der Waals surface area contributed by atoms with Gasteiger partial charge in [0.05, 0.1) is 11.5 Å². The molecule has 1 unspecified atom stereocenters. The summed E-state index contributed by atoms with van der Waals surface area (Å²) in [6, 6.07) is 0. The molecule has 1 N–H and O–H groups in total. The number of hydrogen-bond donors (Lipinski definition) is 1. The van der Waals surface area contributed by atoms with E-state index in [9.17, 15) is 14.7 Å². The first kappa shape index (κ1) is 11.4. The predicted molar refractivity (Wildman–Crippen MR) is 52.9 cm³/mol. The molecule has 0 amide bonds. The number of aliphatic hydroxyl groups excluding tert-OH is 1. The Morgan fingerprint density at radius 1 is 1.64 bits per heavy atom. The standard InChI is InChI=1S/C11H18O3/c1-11(7-2-3-8-12)9(13)5-4-6-10(11)14/h8-9,13H,2-7H2,1H3/t9?,11-/m1/s1. The maximum atomic E-state index is 11.7. The Balaban J connectivity index is 2.57. The molecular weight excluding hydrogens is 180 g/mol. The highest BCUT2D eigenvalue weighted by molar-refractivity contribution is 5.85. The number of ketones is 1. The van der Waals surface area contributed by atoms with E-state index in [1.165, 1.54) is 0 Å². The molecule has 0 spiro atoms. The van der Waals surface area contributed by atoms with Crippen molar-refractivity contribution in [3.05, 3.63) is 0 Å². The summed E-state index contributed by atoms with van der Waals surface area (Å²) in [7, 11) is 0. The van der Waals surface area contributed by atoms with E-state index < -0.39 is 11.5 Å². The van der Waals surface area contributed by atoms with Crippen LogP contribution in [0.5, 0.6) is 0 Å². The SMILES string of the molecule is C[C@]1(CCCC=O)C(=O)CCCC1O. The molecule has 1 aliphatic rings. The fourth-order valence-electron chi connectivity index (χ4n) is 2.10. The van der Waals surface area contributed by atoms with Crippen molar-refractivity contribution in [1.29, 1.82) is 0 Å². The molecule has 0 radical (unpaired) electrons. The average molecular weight is 198 g/mol. The van der Waals surface area contributed by atoms with E-state index >= 15 is 0 Å². The number of hydrogen-bond acceptors (Lipinski definition) is 3. The molecule has 0 aromatic rings. The molecule has 0 aromatic carbocycles. The van der Waals surface area contributed by atoms with Gasteiger partial charge in [0.25, 0.3) is 0 Å². The van der Waals surface area contributed by atoms with E-state index in [2.05, 4.69) is 0 Å². The van der Waals surface area contributed by atoms with Gasteiger partial charge in [0.1, 0.15) is 12.1 Å². The van der Waals surface area contributed by atoms with Crippen LogP contribution in [0.15, 0.2) is 0 Å². The number of aliphatic hydroxyl groups is 1. The van der Waals surface area contributed by atoms with Gasteiger partial charge in [0.15, 0.2) is 0 Å². The minimum Gasteiger partial charge on any atom is -0.392 e. The minimum atomic E-state index is -0.596. The summed E-state index contributed by atoms with van der Waals surface area (Å²) in [5, 5.41) is 9.79. The molecule has 1 aliphatic carbocycles. The zero-order valence-corrected chi connectivity index (χ0v) is 8.66. The summed E-state index contributed by atoms with van der Waals surface area (Å²) in [6.07, 6.45) is 4.24. The molecule has 3 heteroatoms. The Bertz CT molecular complexity index is 225. The molecule has 2 atom stereocenters. The predicted octanol–water partition coefficient (Wildman–Crippen LogP) is 1.48. The third kappa shape index (κ3) is 2.21. The fourth-order valence-corrected chi connectivity index (χ4v) is 2.10. The molecule has 0 aliphatic heterocycles. The first-order valence-electron chi connectivity index (χ1n) is 5.26. The van der Waals surface area contributed by atoms with Crippen LogP contribution in [0, 0.1) is 5.41 Å². The van der Waals surface area contributed by atoms with Crippen LogP contribution in [0.25, 0.3) is 0 Å². The topological polar surface area (TPSA) is 54.4 Å². The quantitative estimate of drug-likeness (QED) is 0.550. The van der Waals surface area contributed by atoms with Gasteiger partial charge in [-0.25, -0.2) is 0 Å². The van der Waals surface area contributed by atoms with Crippen molar-refractivity contribution in [2.45, 2.75) is 51.6 Å². The second-order valence-electron chi connectivity index (χ2n) is 4.31. The molecule has 80 valence electrons. The van der Waals surface area contributed by atoms with Crippen molar-refractivity contribution < 1.29 is 14.7 Å². The Morgan fingerprint density at radius 2 is 2.36 bits per heavy atom. The lowest BCUT2D eigenvalue weighted by molar-refractivity contribution is -0.139. The average Bonchev–Trinajstić information content (AvgIpc) is 2.15. The molecule has 0 heterocycles.